The van der Waals surface area contributed by atoms with Gasteiger partial charge >= 0.3 is 0 Å². The Morgan fingerprint density at radius 1 is 1.22 bits per heavy atom. The fraction of sp³-hybridized carbons (Fsp3) is 0.0556. The molecule has 0 atom stereocenters. The lowest BCUT2D eigenvalue weighted by Crippen LogP contribution is -2.03. The third-order valence-corrected chi connectivity index (χ3v) is 4.27. The number of nitrogens with two attached hydrogens (primary N) is 1. The van der Waals surface area contributed by atoms with Crippen LogP contribution in [-0.4, -0.2) is 24.9 Å². The maximum Gasteiger partial charge on any atom is 0.159 e. The molecule has 0 amide bonds. The van der Waals surface area contributed by atoms with Crippen LogP contribution < -0.4 is 11.1 Å². The Labute approximate surface area is 159 Å². The van der Waals surface area contributed by atoms with Crippen LogP contribution in [0.1, 0.15) is 11.3 Å². The maximum absolute atomic E-state index is 9.38. The number of pyridine rings is 1. The van der Waals surface area contributed by atoms with Crippen molar-refractivity contribution < 1.29 is 0 Å². The first-order valence-corrected chi connectivity index (χ1v) is 8.39. The number of nitriles is 1. The number of halogens is 1. The molecule has 0 saturated heterocycles. The van der Waals surface area contributed by atoms with Gasteiger partial charge in [0, 0.05) is 18.8 Å². The first-order chi connectivity index (χ1) is 13.2. The van der Waals surface area contributed by atoms with Gasteiger partial charge in [0.1, 0.15) is 23.5 Å². The number of fused-ring (bicyclic) bond motifs is 1. The molecule has 0 unspecified atom stereocenters. The highest BCUT2D eigenvalue weighted by atomic mass is 35.5. The van der Waals surface area contributed by atoms with E-state index in [1.54, 1.807) is 36.5 Å². The number of aromatic amines is 1. The Bertz CT molecular complexity index is 1180. The Kier molecular flexibility index (Phi) is 4.38. The summed E-state index contributed by atoms with van der Waals surface area (Å²) in [5.74, 6) is 1.57. The molecule has 4 aromatic rings. The fourth-order valence-corrected chi connectivity index (χ4v) is 2.97. The zero-order valence-corrected chi connectivity index (χ0v) is 14.7. The van der Waals surface area contributed by atoms with Crippen molar-refractivity contribution in [2.45, 2.75) is 6.54 Å². The van der Waals surface area contributed by atoms with Crippen molar-refractivity contribution in [2.24, 2.45) is 5.73 Å². The molecule has 8 nitrogen and oxygen atoms in total. The summed E-state index contributed by atoms with van der Waals surface area (Å²) >= 11 is 6.30. The van der Waals surface area contributed by atoms with E-state index in [0.29, 0.717) is 51.4 Å². The highest BCUT2D eigenvalue weighted by Crippen LogP contribution is 2.32. The van der Waals surface area contributed by atoms with Gasteiger partial charge in [-0.15, -0.1) is 0 Å². The van der Waals surface area contributed by atoms with E-state index in [1.807, 2.05) is 0 Å². The zero-order valence-electron chi connectivity index (χ0n) is 13.9. The molecule has 0 radical (unpaired) electrons. The molecular formula is C18H13ClN8. The Balaban J connectivity index is 1.81. The summed E-state index contributed by atoms with van der Waals surface area (Å²) in [5, 5.41) is 13.0. The smallest absolute Gasteiger partial charge is 0.159 e. The molecule has 0 aliphatic carbocycles. The molecule has 0 spiro atoms. The highest BCUT2D eigenvalue weighted by molar-refractivity contribution is 6.33. The molecule has 4 rings (SSSR count). The summed E-state index contributed by atoms with van der Waals surface area (Å²) in [7, 11) is 0. The molecule has 0 saturated carbocycles. The van der Waals surface area contributed by atoms with Gasteiger partial charge in [-0.3, -0.25) is 0 Å². The van der Waals surface area contributed by atoms with Crippen LogP contribution in [0.2, 0.25) is 5.02 Å². The van der Waals surface area contributed by atoms with Crippen LogP contribution in [0, 0.1) is 11.3 Å². The van der Waals surface area contributed by atoms with E-state index in [2.05, 4.69) is 36.3 Å². The molecule has 132 valence electrons. The number of nitrogens with one attached hydrogen (secondary N) is 2. The van der Waals surface area contributed by atoms with Crippen LogP contribution in [0.15, 0.2) is 42.9 Å². The van der Waals surface area contributed by atoms with Crippen molar-refractivity contribution in [2.75, 3.05) is 5.32 Å². The minimum Gasteiger partial charge on any atom is -0.338 e. The summed E-state index contributed by atoms with van der Waals surface area (Å²) in [4.78, 5) is 20.4. The second-order valence-corrected chi connectivity index (χ2v) is 6.05. The molecule has 4 N–H and O–H groups in total. The monoisotopic (exact) mass is 376 g/mol. The quantitative estimate of drug-likeness (QED) is 0.498. The highest BCUT2D eigenvalue weighted by Gasteiger charge is 2.16. The number of nitrogens with zero attached hydrogens (tertiary/aromatic N) is 5. The molecule has 0 aliphatic heterocycles. The third kappa shape index (κ3) is 3.17. The third-order valence-electron chi connectivity index (χ3n) is 3.95. The Morgan fingerprint density at radius 2 is 2.11 bits per heavy atom. The van der Waals surface area contributed by atoms with Crippen molar-refractivity contribution in [3.05, 3.63) is 59.1 Å². The van der Waals surface area contributed by atoms with E-state index in [1.165, 1.54) is 6.33 Å². The minimum absolute atomic E-state index is 0.310. The number of H-pyrrole nitrogens is 1. The number of hydrogen-bond acceptors (Lipinski definition) is 7. The summed E-state index contributed by atoms with van der Waals surface area (Å²) in [6.07, 6.45) is 3.08. The Hall–Kier alpha value is -3.54. The molecular weight excluding hydrogens is 364 g/mol. The van der Waals surface area contributed by atoms with Gasteiger partial charge < -0.3 is 16.0 Å². The van der Waals surface area contributed by atoms with Gasteiger partial charge in [0.15, 0.2) is 5.82 Å². The Morgan fingerprint density at radius 3 is 2.93 bits per heavy atom. The summed E-state index contributed by atoms with van der Waals surface area (Å²) in [5.41, 5.74) is 8.67. The van der Waals surface area contributed by atoms with Gasteiger partial charge in [0.25, 0.3) is 0 Å². The molecule has 3 heterocycles. The predicted octanol–water partition coefficient (Wildman–Crippen LogP) is 3.14. The first kappa shape index (κ1) is 16.9. The van der Waals surface area contributed by atoms with Gasteiger partial charge in [-0.2, -0.15) is 5.26 Å². The average molecular weight is 377 g/mol. The van der Waals surface area contributed by atoms with Crippen LogP contribution in [0.4, 0.5) is 11.6 Å². The van der Waals surface area contributed by atoms with Gasteiger partial charge in [0.05, 0.1) is 33.4 Å². The van der Waals surface area contributed by atoms with Gasteiger partial charge in [-0.1, -0.05) is 17.7 Å². The van der Waals surface area contributed by atoms with Crippen molar-refractivity contribution in [1.29, 1.82) is 5.26 Å². The molecule has 9 heteroatoms. The number of rotatable bonds is 4. The van der Waals surface area contributed by atoms with Crippen molar-refractivity contribution >= 4 is 34.3 Å². The SMILES string of the molecule is N#Cc1cccc(Cl)c1-c1nc2c(Nc3cc(CN)ncn3)nccc2[nH]1. The van der Waals surface area contributed by atoms with Crippen LogP contribution in [0.25, 0.3) is 22.4 Å². The van der Waals surface area contributed by atoms with E-state index in [4.69, 9.17) is 17.3 Å². The van der Waals surface area contributed by atoms with E-state index in [0.717, 1.165) is 5.52 Å². The van der Waals surface area contributed by atoms with Crippen LogP contribution >= 0.6 is 11.6 Å². The minimum atomic E-state index is 0.310. The lowest BCUT2D eigenvalue weighted by Gasteiger charge is -2.05. The van der Waals surface area contributed by atoms with E-state index >= 15 is 0 Å². The summed E-state index contributed by atoms with van der Waals surface area (Å²) in [6.45, 7) is 0.310. The summed E-state index contributed by atoms with van der Waals surface area (Å²) in [6, 6.07) is 10.8. The predicted molar refractivity (Wildman–Crippen MR) is 102 cm³/mol. The van der Waals surface area contributed by atoms with Crippen LogP contribution in [0.5, 0.6) is 0 Å². The molecule has 3 aromatic heterocycles. The fourth-order valence-electron chi connectivity index (χ4n) is 2.70. The topological polar surface area (TPSA) is 129 Å². The normalized spacial score (nSPS) is 10.7. The van der Waals surface area contributed by atoms with E-state index < -0.39 is 0 Å². The molecule has 0 fully saturated rings. The number of anilines is 2. The second-order valence-electron chi connectivity index (χ2n) is 5.64. The maximum atomic E-state index is 9.38. The van der Waals surface area contributed by atoms with Gasteiger partial charge in [-0.05, 0) is 18.2 Å². The zero-order chi connectivity index (χ0) is 18.8. The van der Waals surface area contributed by atoms with Crippen molar-refractivity contribution in [1.82, 2.24) is 24.9 Å². The lowest BCUT2D eigenvalue weighted by atomic mass is 10.1. The largest absolute Gasteiger partial charge is 0.338 e. The van der Waals surface area contributed by atoms with Crippen LogP contribution in [0.3, 0.4) is 0 Å². The van der Waals surface area contributed by atoms with Gasteiger partial charge in [-0.25, -0.2) is 19.9 Å². The number of hydrogen-bond donors (Lipinski definition) is 3. The number of benzene rings is 1. The lowest BCUT2D eigenvalue weighted by molar-refractivity contribution is 0.965. The van der Waals surface area contributed by atoms with Gasteiger partial charge in [0.2, 0.25) is 0 Å². The first-order valence-electron chi connectivity index (χ1n) is 8.01. The van der Waals surface area contributed by atoms with Crippen LogP contribution in [-0.2, 0) is 6.54 Å². The molecule has 0 bridgehead atoms. The summed E-state index contributed by atoms with van der Waals surface area (Å²) < 4.78 is 0. The standard InChI is InChI=1S/C18H13ClN8/c19-12-3-1-2-10(7-20)15(12)17-25-13-4-5-22-18(16(13)27-17)26-14-6-11(8-21)23-9-24-14/h1-6,9H,8,21H2,(H,25,27)(H,22,23,24,26). The molecule has 1 aromatic carbocycles. The van der Waals surface area contributed by atoms with E-state index in [9.17, 15) is 5.26 Å². The molecule has 27 heavy (non-hydrogen) atoms. The number of imidazole rings is 1. The second kappa shape index (κ2) is 6.99. The van der Waals surface area contributed by atoms with E-state index in [-0.39, 0.29) is 0 Å². The van der Waals surface area contributed by atoms with Crippen molar-refractivity contribution in [3.63, 3.8) is 0 Å². The van der Waals surface area contributed by atoms with Crippen molar-refractivity contribution in [3.8, 4) is 17.5 Å². The molecule has 0 aliphatic rings. The average Bonchev–Trinajstić information content (AvgIpc) is 3.12. The number of aromatic nitrogens is 5.